The highest BCUT2D eigenvalue weighted by molar-refractivity contribution is 7.81. The highest BCUT2D eigenvalue weighted by Crippen LogP contribution is 2.10. The van der Waals surface area contributed by atoms with E-state index in [0.717, 1.165) is 11.1 Å². The fourth-order valence-electron chi connectivity index (χ4n) is 2.69. The Morgan fingerprint density at radius 2 is 1.12 bits per heavy atom. The van der Waals surface area contributed by atoms with Gasteiger partial charge in [0.15, 0.2) is 37.1 Å². The molecule has 33 heavy (non-hydrogen) atoms. The molecule has 13 heteroatoms. The second-order valence-corrected chi connectivity index (χ2v) is 7.84. The maximum atomic E-state index is 12.0. The summed E-state index contributed by atoms with van der Waals surface area (Å²) in [5.74, 6) is 1.11. The summed E-state index contributed by atoms with van der Waals surface area (Å²) in [6.07, 6.45) is 13.1. The molecule has 0 radical (unpaired) electrons. The third-order valence-corrected chi connectivity index (χ3v) is 5.20. The van der Waals surface area contributed by atoms with Gasteiger partial charge in [-0.25, -0.2) is 28.3 Å². The summed E-state index contributed by atoms with van der Waals surface area (Å²) in [6.45, 7) is 0.187. The summed E-state index contributed by atoms with van der Waals surface area (Å²) < 4.78 is 36.8. The molecule has 0 N–H and O–H groups in total. The van der Waals surface area contributed by atoms with E-state index in [-0.39, 0.29) is 26.3 Å². The zero-order chi connectivity index (χ0) is 22.9. The van der Waals surface area contributed by atoms with Crippen molar-refractivity contribution in [3.63, 3.8) is 0 Å². The van der Waals surface area contributed by atoms with Crippen molar-refractivity contribution in [2.45, 2.75) is 13.1 Å². The zero-order valence-corrected chi connectivity index (χ0v) is 18.2. The first-order chi connectivity index (χ1) is 16.1. The average Bonchev–Trinajstić information content (AvgIpc) is 2.86. The molecule has 0 fully saturated rings. The molecule has 4 rings (SSSR count). The fraction of sp³-hybridized carbons (Fsp3) is 0.200. The lowest BCUT2D eigenvalue weighted by Crippen LogP contribution is -2.40. The van der Waals surface area contributed by atoms with E-state index >= 15 is 0 Å². The second-order valence-electron chi connectivity index (χ2n) is 6.55. The van der Waals surface area contributed by atoms with Crippen LogP contribution in [0.25, 0.3) is 22.8 Å². The molecule has 0 aliphatic heterocycles. The molecule has 4 heterocycles. The second kappa shape index (κ2) is 10.7. The minimum absolute atomic E-state index is 0.127. The minimum Gasteiger partial charge on any atom is -0.241 e. The fourth-order valence-corrected chi connectivity index (χ4v) is 3.32. The van der Waals surface area contributed by atoms with Crippen LogP contribution in [0.1, 0.15) is 0 Å². The molecule has 4 aromatic rings. The van der Waals surface area contributed by atoms with Gasteiger partial charge in [0.05, 0.1) is 0 Å². The van der Waals surface area contributed by atoms with Crippen molar-refractivity contribution >= 4 is 10.4 Å². The van der Waals surface area contributed by atoms with Gasteiger partial charge in [-0.1, -0.05) is 9.36 Å². The summed E-state index contributed by atoms with van der Waals surface area (Å²) >= 11 is 0. The lowest BCUT2D eigenvalue weighted by Gasteiger charge is -2.03. The summed E-state index contributed by atoms with van der Waals surface area (Å²) in [7, 11) is -4.15. The predicted molar refractivity (Wildman–Crippen MR) is 112 cm³/mol. The summed E-state index contributed by atoms with van der Waals surface area (Å²) in [5, 5.41) is 8.41. The molecule has 0 saturated carbocycles. The molecular formula is C20H20N8O4S+2. The Balaban J connectivity index is 1.20. The van der Waals surface area contributed by atoms with Crippen LogP contribution in [0.4, 0.5) is 0 Å². The maximum Gasteiger partial charge on any atom is 0.400 e. The van der Waals surface area contributed by atoms with E-state index in [0.29, 0.717) is 11.6 Å². The first-order valence-electron chi connectivity index (χ1n) is 9.89. The van der Waals surface area contributed by atoms with Crippen LogP contribution >= 0.6 is 0 Å². The molecular weight excluding hydrogens is 448 g/mol. The Kier molecular flexibility index (Phi) is 7.24. The highest BCUT2D eigenvalue weighted by Gasteiger charge is 2.16. The lowest BCUT2D eigenvalue weighted by molar-refractivity contribution is -0.754. The van der Waals surface area contributed by atoms with Crippen LogP contribution in [0.3, 0.4) is 0 Å². The van der Waals surface area contributed by atoms with Crippen molar-refractivity contribution in [3.05, 3.63) is 73.8 Å². The third-order valence-electron chi connectivity index (χ3n) is 4.29. The number of hydrogen-bond acceptors (Lipinski definition) is 10. The number of aromatic nitrogens is 8. The quantitative estimate of drug-likeness (QED) is 0.291. The summed E-state index contributed by atoms with van der Waals surface area (Å²) in [6, 6.07) is 7.03. The van der Waals surface area contributed by atoms with Crippen LogP contribution in [0.5, 0.6) is 0 Å². The number of hydrogen-bond donors (Lipinski definition) is 0. The predicted octanol–water partition coefficient (Wildman–Crippen LogP) is -0.0562. The van der Waals surface area contributed by atoms with Gasteiger partial charge >= 0.3 is 10.4 Å². The summed E-state index contributed by atoms with van der Waals surface area (Å²) in [5.41, 5.74) is 1.50. The maximum absolute atomic E-state index is 12.0. The number of nitrogens with zero attached hydrogens (tertiary/aromatic N) is 8. The lowest BCUT2D eigenvalue weighted by atomic mass is 10.3. The van der Waals surface area contributed by atoms with Gasteiger partial charge in [-0.3, -0.25) is 0 Å². The first-order valence-corrected chi connectivity index (χ1v) is 11.2. The van der Waals surface area contributed by atoms with Crippen molar-refractivity contribution < 1.29 is 26.1 Å². The van der Waals surface area contributed by atoms with Crippen molar-refractivity contribution in [2.75, 3.05) is 13.2 Å². The van der Waals surface area contributed by atoms with Gasteiger partial charge in [0, 0.05) is 48.0 Å². The Morgan fingerprint density at radius 3 is 1.48 bits per heavy atom. The van der Waals surface area contributed by atoms with Crippen LogP contribution in [-0.4, -0.2) is 51.8 Å². The van der Waals surface area contributed by atoms with Gasteiger partial charge in [0.25, 0.3) is 0 Å². The van der Waals surface area contributed by atoms with Gasteiger partial charge in [-0.2, -0.15) is 8.42 Å². The third kappa shape index (κ3) is 6.58. The molecule has 0 aliphatic rings. The van der Waals surface area contributed by atoms with Gasteiger partial charge in [-0.15, -0.1) is 0 Å². The monoisotopic (exact) mass is 468 g/mol. The van der Waals surface area contributed by atoms with E-state index in [4.69, 9.17) is 8.37 Å². The molecule has 0 atom stereocenters. The van der Waals surface area contributed by atoms with Crippen LogP contribution in [0, 0.1) is 0 Å². The molecule has 0 amide bonds. The van der Waals surface area contributed by atoms with Crippen molar-refractivity contribution in [1.82, 2.24) is 30.1 Å². The van der Waals surface area contributed by atoms with Crippen molar-refractivity contribution in [3.8, 4) is 22.8 Å². The largest absolute Gasteiger partial charge is 0.400 e. The Labute approximate surface area is 189 Å². The van der Waals surface area contributed by atoms with Gasteiger partial charge < -0.3 is 0 Å². The SMILES string of the molecule is O=S(=O)(OCC[n+]1ccc(-c2ncccn2)cn1)OCC[n+]1ccc(-c2ncccn2)cn1. The molecule has 0 aliphatic carbocycles. The van der Waals surface area contributed by atoms with E-state index in [2.05, 4.69) is 30.1 Å². The van der Waals surface area contributed by atoms with Crippen molar-refractivity contribution in [1.29, 1.82) is 0 Å². The molecule has 0 aromatic carbocycles. The van der Waals surface area contributed by atoms with Gasteiger partial charge in [0.2, 0.25) is 0 Å². The Bertz CT molecular complexity index is 1160. The zero-order valence-electron chi connectivity index (χ0n) is 17.4. The molecule has 168 valence electrons. The molecule has 12 nitrogen and oxygen atoms in total. The standard InChI is InChI=1S/C20H20N8O4S/c29-33(30,31-13-11-27-9-3-17(15-25-27)19-21-5-1-6-22-19)32-14-12-28-10-4-18(16-26-28)20-23-7-2-8-24-20/h1-10,15-16H,11-14H2/q+2. The smallest absolute Gasteiger partial charge is 0.241 e. The molecule has 0 saturated heterocycles. The highest BCUT2D eigenvalue weighted by atomic mass is 32.3. The van der Waals surface area contributed by atoms with Crippen LogP contribution < -0.4 is 9.36 Å². The van der Waals surface area contributed by atoms with Crippen molar-refractivity contribution in [2.24, 2.45) is 0 Å². The molecule has 4 aromatic heterocycles. The number of rotatable bonds is 10. The Morgan fingerprint density at radius 1 is 0.697 bits per heavy atom. The van der Waals surface area contributed by atoms with E-state index in [9.17, 15) is 8.42 Å². The average molecular weight is 468 g/mol. The Hall–Kier alpha value is -3.81. The van der Waals surface area contributed by atoms with Crippen LogP contribution in [-0.2, 0) is 31.9 Å². The van der Waals surface area contributed by atoms with Gasteiger partial charge in [-0.05, 0) is 22.3 Å². The molecule has 0 spiro atoms. The van der Waals surface area contributed by atoms with E-state index in [1.165, 1.54) is 0 Å². The summed E-state index contributed by atoms with van der Waals surface area (Å²) in [4.78, 5) is 16.6. The van der Waals surface area contributed by atoms with E-state index < -0.39 is 10.4 Å². The minimum atomic E-state index is -4.15. The van der Waals surface area contributed by atoms with Crippen LogP contribution in [0.2, 0.25) is 0 Å². The topological polar surface area (TPSA) is 138 Å². The van der Waals surface area contributed by atoms with E-state index in [1.807, 2.05) is 0 Å². The van der Waals surface area contributed by atoms with E-state index in [1.54, 1.807) is 83.2 Å². The van der Waals surface area contributed by atoms with Crippen LogP contribution in [0.15, 0.2) is 73.8 Å². The van der Waals surface area contributed by atoms with Gasteiger partial charge in [0.1, 0.15) is 25.6 Å². The molecule has 0 unspecified atom stereocenters. The normalized spacial score (nSPS) is 11.4. The first kappa shape index (κ1) is 22.4. The molecule has 0 bridgehead atoms.